The Bertz CT molecular complexity index is 421. The van der Waals surface area contributed by atoms with Crippen molar-refractivity contribution in [2.24, 2.45) is 0 Å². The average Bonchev–Trinajstić information content (AvgIpc) is 2.18. The van der Waals surface area contributed by atoms with Crippen molar-refractivity contribution in [1.29, 1.82) is 5.39 Å². The third-order valence-corrected chi connectivity index (χ3v) is 1.54. The molecule has 0 aromatic heterocycles. The first-order valence-electron chi connectivity index (χ1n) is 3.59. The van der Waals surface area contributed by atoms with E-state index in [-0.39, 0.29) is 5.76 Å². The maximum absolute atomic E-state index is 9.34. The van der Waals surface area contributed by atoms with E-state index < -0.39 is 0 Å². The van der Waals surface area contributed by atoms with Crippen molar-refractivity contribution in [3.05, 3.63) is 46.6 Å². The topological polar surface area (TPSA) is 48.4 Å². The van der Waals surface area contributed by atoms with Crippen LogP contribution in [0.15, 0.2) is 30.5 Å². The fourth-order valence-electron chi connectivity index (χ4n) is 0.957. The smallest absolute Gasteiger partial charge is 0.392 e. The first-order valence-corrected chi connectivity index (χ1v) is 3.59. The van der Waals surface area contributed by atoms with Crippen molar-refractivity contribution in [2.75, 3.05) is 0 Å². The van der Waals surface area contributed by atoms with Crippen molar-refractivity contribution in [2.45, 2.75) is 0 Å². The van der Waals surface area contributed by atoms with E-state index in [1.54, 1.807) is 24.3 Å². The monoisotopic (exact) mass is 171 g/mol. The van der Waals surface area contributed by atoms with Gasteiger partial charge in [-0.05, 0) is 12.1 Å². The van der Waals surface area contributed by atoms with Gasteiger partial charge in [-0.3, -0.25) is 0 Å². The van der Waals surface area contributed by atoms with Crippen LogP contribution in [0, 0.1) is 17.7 Å². The molecule has 0 spiro atoms. The summed E-state index contributed by atoms with van der Waals surface area (Å²) in [5.74, 6) is 2.25. The molecule has 0 radical (unpaired) electrons. The summed E-state index contributed by atoms with van der Waals surface area (Å²) in [4.78, 5) is 2.71. The number of hydrogen-bond acceptors (Lipinski definition) is 2. The van der Waals surface area contributed by atoms with Crippen LogP contribution in [0.2, 0.25) is 0 Å². The van der Waals surface area contributed by atoms with E-state index in [4.69, 9.17) is 11.8 Å². The minimum absolute atomic E-state index is 0.156. The molecule has 0 saturated heterocycles. The molecule has 1 rings (SSSR count). The largest absolute Gasteiger partial charge is 0.501 e. The van der Waals surface area contributed by atoms with Crippen molar-refractivity contribution in [1.82, 2.24) is 0 Å². The van der Waals surface area contributed by atoms with Gasteiger partial charge in [0.2, 0.25) is 11.2 Å². The van der Waals surface area contributed by atoms with Crippen molar-refractivity contribution < 1.29 is 5.11 Å². The van der Waals surface area contributed by atoms with Crippen molar-refractivity contribution in [3.63, 3.8) is 0 Å². The molecule has 0 bridgehead atoms. The number of hydrogen-bond donors (Lipinski definition) is 1. The number of benzene rings is 1. The molecular weight excluding hydrogens is 164 g/mol. The van der Waals surface area contributed by atoms with E-state index in [9.17, 15) is 5.11 Å². The number of nitrogens with zero attached hydrogens (tertiary/aromatic N) is 2. The molecule has 1 N–H and O–H groups in total. The molecule has 0 atom stereocenters. The number of diazo groups is 1. The lowest BCUT2D eigenvalue weighted by Gasteiger charge is -1.98. The predicted octanol–water partition coefficient (Wildman–Crippen LogP) is 2.38. The second-order valence-electron chi connectivity index (χ2n) is 2.32. The van der Waals surface area contributed by atoms with Gasteiger partial charge >= 0.3 is 6.20 Å². The Morgan fingerprint density at radius 1 is 1.54 bits per heavy atom. The highest BCUT2D eigenvalue weighted by Gasteiger charge is 2.07. The van der Waals surface area contributed by atoms with Crippen LogP contribution in [0.5, 0.6) is 0 Å². The first-order chi connectivity index (χ1) is 6.29. The second kappa shape index (κ2) is 3.94. The molecule has 0 unspecified atom stereocenters. The third kappa shape index (κ3) is 1.85. The van der Waals surface area contributed by atoms with E-state index in [0.29, 0.717) is 11.1 Å². The summed E-state index contributed by atoms with van der Waals surface area (Å²) >= 11 is 0. The predicted molar refractivity (Wildman–Crippen MR) is 50.1 cm³/mol. The molecule has 13 heavy (non-hydrogen) atoms. The van der Waals surface area contributed by atoms with Crippen LogP contribution in [0.1, 0.15) is 11.1 Å². The molecule has 0 saturated carbocycles. The van der Waals surface area contributed by atoms with Gasteiger partial charge in [-0.1, -0.05) is 18.1 Å². The Kier molecular flexibility index (Phi) is 2.68. The summed E-state index contributed by atoms with van der Waals surface area (Å²) in [6.07, 6.45) is 6.13. The van der Waals surface area contributed by atoms with Gasteiger partial charge in [-0.25, -0.2) is 0 Å². The van der Waals surface area contributed by atoms with Crippen LogP contribution in [-0.2, 0) is 0 Å². The molecule has 62 valence electrons. The molecule has 0 aliphatic carbocycles. The van der Waals surface area contributed by atoms with Crippen LogP contribution in [0.25, 0.3) is 10.7 Å². The Morgan fingerprint density at radius 3 is 2.85 bits per heavy atom. The summed E-state index contributed by atoms with van der Waals surface area (Å²) in [6, 6.07) is 6.84. The van der Waals surface area contributed by atoms with Crippen LogP contribution in [-0.4, -0.2) is 5.11 Å². The first kappa shape index (κ1) is 8.83. The standard InChI is InChI=1S/C10H6N2O/c1-2-8-5-3-4-6-9(8)10(13)7-12-11/h1,3-7H/p+1/b10-7-. The van der Waals surface area contributed by atoms with Crippen molar-refractivity contribution in [3.8, 4) is 12.3 Å². The zero-order valence-electron chi connectivity index (χ0n) is 6.81. The Balaban J connectivity index is 3.25. The van der Waals surface area contributed by atoms with E-state index in [0.717, 1.165) is 6.20 Å². The fourth-order valence-corrected chi connectivity index (χ4v) is 0.957. The zero-order valence-corrected chi connectivity index (χ0v) is 6.81. The highest BCUT2D eigenvalue weighted by molar-refractivity contribution is 5.65. The third-order valence-electron chi connectivity index (χ3n) is 1.54. The van der Waals surface area contributed by atoms with E-state index in [1.807, 2.05) is 0 Å². The average molecular weight is 171 g/mol. The van der Waals surface area contributed by atoms with Gasteiger partial charge < -0.3 is 5.11 Å². The molecule has 1 aromatic rings. The van der Waals surface area contributed by atoms with E-state index in [1.165, 1.54) is 0 Å². The van der Waals surface area contributed by atoms with Crippen LogP contribution in [0.4, 0.5) is 0 Å². The quantitative estimate of drug-likeness (QED) is 0.400. The van der Waals surface area contributed by atoms with Gasteiger partial charge in [0, 0.05) is 11.1 Å². The minimum atomic E-state index is -0.156. The Hall–Kier alpha value is -2.26. The SMILES string of the molecule is C#Cc1ccccc1/C(O)=C/[N+]#N. The Morgan fingerprint density at radius 2 is 2.23 bits per heavy atom. The van der Waals surface area contributed by atoms with Gasteiger partial charge in [0.15, 0.2) is 4.98 Å². The molecule has 0 fully saturated rings. The van der Waals surface area contributed by atoms with Gasteiger partial charge in [0.25, 0.3) is 0 Å². The van der Waals surface area contributed by atoms with Crippen LogP contribution in [0.3, 0.4) is 0 Å². The molecule has 3 heteroatoms. The fraction of sp³-hybridized carbons (Fsp3) is 0. The highest BCUT2D eigenvalue weighted by atomic mass is 16.3. The van der Waals surface area contributed by atoms with Crippen LogP contribution < -0.4 is 0 Å². The number of rotatable bonds is 1. The lowest BCUT2D eigenvalue weighted by Crippen LogP contribution is -1.87. The number of terminal acetylenes is 1. The zero-order chi connectivity index (χ0) is 9.68. The van der Waals surface area contributed by atoms with Gasteiger partial charge in [0.05, 0.1) is 0 Å². The van der Waals surface area contributed by atoms with E-state index >= 15 is 0 Å². The second-order valence-corrected chi connectivity index (χ2v) is 2.32. The van der Waals surface area contributed by atoms with Gasteiger partial charge in [-0.15, -0.1) is 6.42 Å². The van der Waals surface area contributed by atoms with E-state index in [2.05, 4.69) is 10.9 Å². The number of aliphatic hydroxyl groups is 1. The Labute approximate surface area is 76.0 Å². The maximum Gasteiger partial charge on any atom is 0.392 e. The molecular formula is C10H7N2O+. The minimum Gasteiger partial charge on any atom is -0.501 e. The highest BCUT2D eigenvalue weighted by Crippen LogP contribution is 2.15. The summed E-state index contributed by atoms with van der Waals surface area (Å²) in [5, 5.41) is 17.5. The molecule has 0 aliphatic rings. The van der Waals surface area contributed by atoms with Crippen molar-refractivity contribution >= 4 is 5.76 Å². The summed E-state index contributed by atoms with van der Waals surface area (Å²) in [7, 11) is 0. The molecule has 0 amide bonds. The molecule has 3 nitrogen and oxygen atoms in total. The number of aliphatic hydroxyl groups excluding tert-OH is 1. The lowest BCUT2D eigenvalue weighted by molar-refractivity contribution is 0.511. The maximum atomic E-state index is 9.34. The van der Waals surface area contributed by atoms with Gasteiger partial charge in [0.1, 0.15) is 0 Å². The summed E-state index contributed by atoms with van der Waals surface area (Å²) in [5.41, 5.74) is 1.03. The summed E-state index contributed by atoms with van der Waals surface area (Å²) in [6.45, 7) is 0. The summed E-state index contributed by atoms with van der Waals surface area (Å²) < 4.78 is 0. The van der Waals surface area contributed by atoms with Crippen LogP contribution >= 0.6 is 0 Å². The molecule has 0 aliphatic heterocycles. The lowest BCUT2D eigenvalue weighted by atomic mass is 10.1. The van der Waals surface area contributed by atoms with Gasteiger partial charge in [-0.2, -0.15) is 0 Å². The normalized spacial score (nSPS) is 10.2. The molecule has 1 aromatic carbocycles. The molecule has 0 heterocycles.